The average molecular weight is 342 g/mol. The summed E-state index contributed by atoms with van der Waals surface area (Å²) in [5.41, 5.74) is 1.61. The summed E-state index contributed by atoms with van der Waals surface area (Å²) in [5.74, 6) is -0.400. The van der Waals surface area contributed by atoms with E-state index < -0.39 is 0 Å². The summed E-state index contributed by atoms with van der Waals surface area (Å²) in [5, 5.41) is 2.83. The van der Waals surface area contributed by atoms with E-state index in [4.69, 9.17) is 4.74 Å². The molecule has 25 heavy (non-hydrogen) atoms. The first-order chi connectivity index (χ1) is 12.1. The number of halogens is 1. The number of nitrogens with zero attached hydrogens (tertiary/aromatic N) is 1. The largest absolute Gasteiger partial charge is 0.371 e. The molecule has 0 bridgehead atoms. The molecule has 132 valence electrons. The van der Waals surface area contributed by atoms with Gasteiger partial charge in [-0.15, -0.1) is 0 Å². The molecule has 3 rings (SSSR count). The minimum absolute atomic E-state index is 0.0308. The Morgan fingerprint density at radius 1 is 1.24 bits per heavy atom. The van der Waals surface area contributed by atoms with Crippen LogP contribution >= 0.6 is 0 Å². The molecule has 5 heteroatoms. The number of nitrogens with one attached hydrogen (secondary N) is 1. The van der Waals surface area contributed by atoms with Crippen LogP contribution in [-0.2, 0) is 16.1 Å². The second kappa shape index (κ2) is 8.23. The van der Waals surface area contributed by atoms with Crippen molar-refractivity contribution in [2.45, 2.75) is 25.6 Å². The van der Waals surface area contributed by atoms with Crippen LogP contribution in [0.15, 0.2) is 54.6 Å². The van der Waals surface area contributed by atoms with E-state index in [2.05, 4.69) is 10.2 Å². The SMILES string of the molecule is CC(C(=O)NCc1ccccc1F)N1CCOC(c2ccccc2)C1. The van der Waals surface area contributed by atoms with Crippen LogP contribution < -0.4 is 5.32 Å². The molecule has 1 aliphatic rings. The molecular formula is C20H23FN2O2. The summed E-state index contributed by atoms with van der Waals surface area (Å²) in [6.07, 6.45) is -0.0308. The zero-order valence-electron chi connectivity index (χ0n) is 14.3. The maximum atomic E-state index is 13.7. The molecule has 0 aromatic heterocycles. The predicted molar refractivity (Wildman–Crippen MR) is 94.4 cm³/mol. The number of rotatable bonds is 5. The maximum Gasteiger partial charge on any atom is 0.237 e. The Balaban J connectivity index is 1.57. The van der Waals surface area contributed by atoms with E-state index >= 15 is 0 Å². The molecule has 0 aliphatic carbocycles. The number of ether oxygens (including phenoxy) is 1. The number of carbonyl (C=O) groups excluding carboxylic acids is 1. The van der Waals surface area contributed by atoms with Crippen LogP contribution in [-0.4, -0.2) is 36.5 Å². The average Bonchev–Trinajstić information content (AvgIpc) is 2.67. The van der Waals surface area contributed by atoms with Crippen molar-refractivity contribution in [3.8, 4) is 0 Å². The number of carbonyl (C=O) groups is 1. The van der Waals surface area contributed by atoms with Gasteiger partial charge in [0, 0.05) is 25.2 Å². The summed E-state index contributed by atoms with van der Waals surface area (Å²) >= 11 is 0. The summed E-state index contributed by atoms with van der Waals surface area (Å²) in [6, 6.07) is 16.2. The predicted octanol–water partition coefficient (Wildman–Crippen LogP) is 2.90. The topological polar surface area (TPSA) is 41.6 Å². The standard InChI is InChI=1S/C20H23FN2O2/c1-15(20(24)22-13-17-9-5-6-10-18(17)21)23-11-12-25-19(14-23)16-7-3-2-4-8-16/h2-10,15,19H,11-14H2,1H3,(H,22,24). The lowest BCUT2D eigenvalue weighted by atomic mass is 10.1. The third-order valence-corrected chi connectivity index (χ3v) is 4.61. The number of benzene rings is 2. The lowest BCUT2D eigenvalue weighted by Gasteiger charge is -2.36. The van der Waals surface area contributed by atoms with Crippen LogP contribution in [0.4, 0.5) is 4.39 Å². The second-order valence-corrected chi connectivity index (χ2v) is 6.25. The van der Waals surface area contributed by atoms with Gasteiger partial charge in [-0.1, -0.05) is 48.5 Å². The van der Waals surface area contributed by atoms with Crippen LogP contribution in [0.25, 0.3) is 0 Å². The summed E-state index contributed by atoms with van der Waals surface area (Å²) in [7, 11) is 0. The molecule has 2 atom stereocenters. The number of morpholine rings is 1. The van der Waals surface area contributed by atoms with Crippen molar-refractivity contribution in [3.05, 3.63) is 71.5 Å². The van der Waals surface area contributed by atoms with Crippen molar-refractivity contribution in [2.75, 3.05) is 19.7 Å². The molecule has 2 aromatic carbocycles. The first-order valence-corrected chi connectivity index (χ1v) is 8.57. The molecule has 0 saturated carbocycles. The number of amides is 1. The van der Waals surface area contributed by atoms with Crippen molar-refractivity contribution >= 4 is 5.91 Å². The van der Waals surface area contributed by atoms with E-state index in [1.54, 1.807) is 18.2 Å². The second-order valence-electron chi connectivity index (χ2n) is 6.25. The van der Waals surface area contributed by atoms with Crippen molar-refractivity contribution < 1.29 is 13.9 Å². The van der Waals surface area contributed by atoms with Crippen molar-refractivity contribution in [1.82, 2.24) is 10.2 Å². The maximum absolute atomic E-state index is 13.7. The highest BCUT2D eigenvalue weighted by Gasteiger charge is 2.28. The van der Waals surface area contributed by atoms with Gasteiger partial charge in [0.05, 0.1) is 18.8 Å². The molecule has 1 saturated heterocycles. The van der Waals surface area contributed by atoms with Crippen LogP contribution in [0.2, 0.25) is 0 Å². The van der Waals surface area contributed by atoms with E-state index in [1.807, 2.05) is 37.3 Å². The molecule has 4 nitrogen and oxygen atoms in total. The molecule has 1 fully saturated rings. The Bertz CT molecular complexity index is 708. The third-order valence-electron chi connectivity index (χ3n) is 4.61. The molecule has 1 amide bonds. The molecular weight excluding hydrogens is 319 g/mol. The van der Waals surface area contributed by atoms with Gasteiger partial charge in [-0.05, 0) is 18.6 Å². The van der Waals surface area contributed by atoms with E-state index in [-0.39, 0.29) is 30.4 Å². The van der Waals surface area contributed by atoms with E-state index in [0.29, 0.717) is 25.3 Å². The fraction of sp³-hybridized carbons (Fsp3) is 0.350. The van der Waals surface area contributed by atoms with E-state index in [9.17, 15) is 9.18 Å². The lowest BCUT2D eigenvalue weighted by molar-refractivity contribution is -0.129. The van der Waals surface area contributed by atoms with Gasteiger partial charge in [-0.25, -0.2) is 4.39 Å². The summed E-state index contributed by atoms with van der Waals surface area (Å²) < 4.78 is 19.5. The molecule has 0 radical (unpaired) electrons. The first-order valence-electron chi connectivity index (χ1n) is 8.57. The zero-order valence-corrected chi connectivity index (χ0v) is 14.3. The highest BCUT2D eigenvalue weighted by atomic mass is 19.1. The van der Waals surface area contributed by atoms with Gasteiger partial charge in [-0.2, -0.15) is 0 Å². The zero-order chi connectivity index (χ0) is 17.6. The van der Waals surface area contributed by atoms with Crippen molar-refractivity contribution in [3.63, 3.8) is 0 Å². The van der Waals surface area contributed by atoms with Crippen LogP contribution in [0.1, 0.15) is 24.2 Å². The van der Waals surface area contributed by atoms with Gasteiger partial charge in [0.15, 0.2) is 0 Å². The van der Waals surface area contributed by atoms with E-state index in [0.717, 1.165) is 5.56 Å². The minimum atomic E-state index is -0.300. The van der Waals surface area contributed by atoms with Gasteiger partial charge >= 0.3 is 0 Å². The fourth-order valence-electron chi connectivity index (χ4n) is 3.03. The normalized spacial score (nSPS) is 19.4. The molecule has 1 N–H and O–H groups in total. The van der Waals surface area contributed by atoms with Gasteiger partial charge in [0.2, 0.25) is 5.91 Å². The van der Waals surface area contributed by atoms with E-state index in [1.165, 1.54) is 6.07 Å². The lowest BCUT2D eigenvalue weighted by Crippen LogP contribution is -2.50. The molecule has 1 aliphatic heterocycles. The summed E-state index contributed by atoms with van der Waals surface area (Å²) in [4.78, 5) is 14.6. The van der Waals surface area contributed by atoms with Crippen LogP contribution in [0.3, 0.4) is 0 Å². The Hall–Kier alpha value is -2.24. The third kappa shape index (κ3) is 4.44. The van der Waals surface area contributed by atoms with Gasteiger partial charge in [0.25, 0.3) is 0 Å². The molecule has 2 aromatic rings. The van der Waals surface area contributed by atoms with Crippen molar-refractivity contribution in [1.29, 1.82) is 0 Å². The minimum Gasteiger partial charge on any atom is -0.371 e. The quantitative estimate of drug-likeness (QED) is 0.908. The fourth-order valence-corrected chi connectivity index (χ4v) is 3.03. The van der Waals surface area contributed by atoms with Crippen LogP contribution in [0, 0.1) is 5.82 Å². The molecule has 0 spiro atoms. The number of hydrogen-bond acceptors (Lipinski definition) is 3. The Morgan fingerprint density at radius 3 is 2.72 bits per heavy atom. The molecule has 2 unspecified atom stereocenters. The summed E-state index contributed by atoms with van der Waals surface area (Å²) in [6.45, 7) is 4.03. The van der Waals surface area contributed by atoms with Gasteiger partial charge in [0.1, 0.15) is 5.82 Å². The van der Waals surface area contributed by atoms with Crippen molar-refractivity contribution in [2.24, 2.45) is 0 Å². The highest BCUT2D eigenvalue weighted by Crippen LogP contribution is 2.23. The van der Waals surface area contributed by atoms with Crippen LogP contribution in [0.5, 0.6) is 0 Å². The molecule has 1 heterocycles. The first kappa shape index (κ1) is 17.6. The number of hydrogen-bond donors (Lipinski definition) is 1. The Kier molecular flexibility index (Phi) is 5.79. The van der Waals surface area contributed by atoms with Gasteiger partial charge in [-0.3, -0.25) is 9.69 Å². The smallest absolute Gasteiger partial charge is 0.237 e. The monoisotopic (exact) mass is 342 g/mol. The van der Waals surface area contributed by atoms with Gasteiger partial charge < -0.3 is 10.1 Å². The highest BCUT2D eigenvalue weighted by molar-refractivity contribution is 5.81. The Labute approximate surface area is 147 Å². The Morgan fingerprint density at radius 2 is 1.96 bits per heavy atom.